The van der Waals surface area contributed by atoms with Crippen LogP contribution in [0.25, 0.3) is 11.5 Å². The highest BCUT2D eigenvalue weighted by atomic mass is 79.9. The molecule has 0 aliphatic rings. The summed E-state index contributed by atoms with van der Waals surface area (Å²) in [5.41, 5.74) is -4.21. The first-order valence-corrected chi connectivity index (χ1v) is 15.5. The Labute approximate surface area is 248 Å². The summed E-state index contributed by atoms with van der Waals surface area (Å²) in [7, 11) is -4.97. The van der Waals surface area contributed by atoms with Crippen molar-refractivity contribution in [1.29, 1.82) is 0 Å². The number of alkyl halides is 2. The molecule has 1 unspecified atom stereocenters. The Balaban J connectivity index is 1.69. The molecule has 41 heavy (non-hydrogen) atoms. The van der Waals surface area contributed by atoms with Crippen LogP contribution in [0.15, 0.2) is 87.9 Å². The van der Waals surface area contributed by atoms with Gasteiger partial charge in [-0.25, -0.2) is 0 Å². The van der Waals surface area contributed by atoms with Gasteiger partial charge in [0.1, 0.15) is 0 Å². The maximum Gasteiger partial charge on any atom is 0.405 e. The SMILES string of the molecule is CC(C)(C)OP(=O)(OC(C)(C)C)C(F)(F)c1ccc(CC(c2ccccc2)c2noc(-c3ccccc3)n2)cc1Br. The van der Waals surface area contributed by atoms with Gasteiger partial charge in [-0.3, -0.25) is 13.6 Å². The predicted octanol–water partition coefficient (Wildman–Crippen LogP) is 9.75. The fourth-order valence-electron chi connectivity index (χ4n) is 4.29. The lowest BCUT2D eigenvalue weighted by Gasteiger charge is -2.36. The molecule has 6 nitrogen and oxygen atoms in total. The van der Waals surface area contributed by atoms with Gasteiger partial charge in [0, 0.05) is 15.6 Å². The van der Waals surface area contributed by atoms with E-state index in [1.165, 1.54) is 6.07 Å². The Morgan fingerprint density at radius 3 is 1.98 bits per heavy atom. The second-order valence-electron chi connectivity index (χ2n) is 11.8. The molecule has 0 spiro atoms. The highest BCUT2D eigenvalue weighted by Gasteiger charge is 2.59. The molecule has 0 saturated heterocycles. The van der Waals surface area contributed by atoms with Gasteiger partial charge in [-0.2, -0.15) is 13.8 Å². The van der Waals surface area contributed by atoms with E-state index in [2.05, 4.69) is 26.1 Å². The summed E-state index contributed by atoms with van der Waals surface area (Å²) < 4.78 is 62.4. The van der Waals surface area contributed by atoms with Crippen LogP contribution in [0.2, 0.25) is 0 Å². The third-order valence-electron chi connectivity index (χ3n) is 5.91. The molecule has 0 saturated carbocycles. The molecule has 4 aromatic rings. The lowest BCUT2D eigenvalue weighted by Crippen LogP contribution is -2.30. The minimum atomic E-state index is -4.97. The van der Waals surface area contributed by atoms with Crippen LogP contribution >= 0.6 is 23.5 Å². The normalized spacial score (nSPS) is 13.8. The molecular formula is C31H34BrF2N2O4P. The van der Waals surface area contributed by atoms with Crippen molar-refractivity contribution in [2.24, 2.45) is 0 Å². The number of benzene rings is 3. The maximum atomic E-state index is 16.0. The quantitative estimate of drug-likeness (QED) is 0.169. The zero-order chi connectivity index (χ0) is 30.1. The van der Waals surface area contributed by atoms with Crippen molar-refractivity contribution in [2.75, 3.05) is 0 Å². The second kappa shape index (κ2) is 11.9. The molecule has 0 fully saturated rings. The van der Waals surface area contributed by atoms with Crippen LogP contribution in [0.5, 0.6) is 0 Å². The number of halogens is 3. The monoisotopic (exact) mass is 646 g/mol. The smallest absolute Gasteiger partial charge is 0.334 e. The third kappa shape index (κ3) is 7.58. The Morgan fingerprint density at radius 2 is 1.44 bits per heavy atom. The first kappa shape index (κ1) is 31.2. The lowest BCUT2D eigenvalue weighted by molar-refractivity contribution is -0.0216. The Morgan fingerprint density at radius 1 is 0.878 bits per heavy atom. The number of rotatable bonds is 9. The van der Waals surface area contributed by atoms with Gasteiger partial charge in [0.25, 0.3) is 5.89 Å². The third-order valence-corrected chi connectivity index (χ3v) is 9.07. The van der Waals surface area contributed by atoms with Gasteiger partial charge < -0.3 is 4.52 Å². The van der Waals surface area contributed by atoms with Crippen molar-refractivity contribution >= 4 is 23.5 Å². The van der Waals surface area contributed by atoms with E-state index in [-0.39, 0.29) is 10.4 Å². The zero-order valence-corrected chi connectivity index (χ0v) is 26.4. The van der Waals surface area contributed by atoms with E-state index in [0.717, 1.165) is 16.7 Å². The molecule has 10 heteroatoms. The van der Waals surface area contributed by atoms with Crippen molar-refractivity contribution in [3.8, 4) is 11.5 Å². The topological polar surface area (TPSA) is 74.5 Å². The second-order valence-corrected chi connectivity index (χ2v) is 14.5. The van der Waals surface area contributed by atoms with Gasteiger partial charge in [-0.05, 0) is 77.3 Å². The minimum absolute atomic E-state index is 0.0835. The van der Waals surface area contributed by atoms with Crippen LogP contribution in [-0.4, -0.2) is 21.3 Å². The van der Waals surface area contributed by atoms with Crippen LogP contribution in [0.3, 0.4) is 0 Å². The van der Waals surface area contributed by atoms with Gasteiger partial charge in [0.15, 0.2) is 5.82 Å². The fourth-order valence-corrected chi connectivity index (χ4v) is 7.31. The average molecular weight is 647 g/mol. The standard InChI is InChI=1S/C31H34BrF2N2O4P/c1-29(2,3)39-41(37,40-30(4,5)6)31(33,34)25-18-17-21(20-26(25)32)19-24(22-13-9-7-10-14-22)27-35-28(38-36-27)23-15-11-8-12-16-23/h7-18,20,24H,19H2,1-6H3. The van der Waals surface area contributed by atoms with Crippen molar-refractivity contribution in [3.63, 3.8) is 0 Å². The molecule has 218 valence electrons. The fraction of sp³-hybridized carbons (Fsp3) is 0.355. The van der Waals surface area contributed by atoms with Gasteiger partial charge in [-0.1, -0.05) is 81.8 Å². The molecule has 4 rings (SSSR count). The summed E-state index contributed by atoms with van der Waals surface area (Å²) in [5, 5.41) is 4.26. The van der Waals surface area contributed by atoms with Gasteiger partial charge >= 0.3 is 13.3 Å². The molecule has 3 aromatic carbocycles. The van der Waals surface area contributed by atoms with Crippen LogP contribution in [0.1, 0.15) is 70.0 Å². The molecule has 0 amide bonds. The van der Waals surface area contributed by atoms with Crippen LogP contribution < -0.4 is 0 Å². The highest BCUT2D eigenvalue weighted by molar-refractivity contribution is 9.10. The molecule has 0 bridgehead atoms. The summed E-state index contributed by atoms with van der Waals surface area (Å²) >= 11 is 3.31. The predicted molar refractivity (Wildman–Crippen MR) is 159 cm³/mol. The zero-order valence-electron chi connectivity index (χ0n) is 23.9. The maximum absolute atomic E-state index is 16.0. The Kier molecular flexibility index (Phi) is 9.05. The van der Waals surface area contributed by atoms with Crippen LogP contribution in [0, 0.1) is 0 Å². The molecule has 0 radical (unpaired) electrons. The lowest BCUT2D eigenvalue weighted by atomic mass is 9.91. The largest absolute Gasteiger partial charge is 0.405 e. The molecule has 0 N–H and O–H groups in total. The van der Waals surface area contributed by atoms with Gasteiger partial charge in [0.05, 0.1) is 17.1 Å². The first-order chi connectivity index (χ1) is 19.1. The summed E-state index contributed by atoms with van der Waals surface area (Å²) in [4.78, 5) is 4.65. The number of hydrogen-bond donors (Lipinski definition) is 0. The van der Waals surface area contributed by atoms with Crippen molar-refractivity contribution in [3.05, 3.63) is 106 Å². The number of hydrogen-bond acceptors (Lipinski definition) is 6. The summed E-state index contributed by atoms with van der Waals surface area (Å²) in [6.45, 7) is 9.36. The van der Waals surface area contributed by atoms with Gasteiger partial charge in [-0.15, -0.1) is 0 Å². The molecule has 1 aromatic heterocycles. The van der Waals surface area contributed by atoms with E-state index in [0.29, 0.717) is 18.1 Å². The summed E-state index contributed by atoms with van der Waals surface area (Å²) in [5.74, 6) is 0.559. The van der Waals surface area contributed by atoms with Crippen LogP contribution in [-0.2, 0) is 25.7 Å². The molecule has 1 atom stereocenters. The highest BCUT2D eigenvalue weighted by Crippen LogP contribution is 2.70. The van der Waals surface area contributed by atoms with Crippen molar-refractivity contribution < 1.29 is 26.9 Å². The summed E-state index contributed by atoms with van der Waals surface area (Å²) in [6.07, 6.45) is 0.400. The van der Waals surface area contributed by atoms with E-state index < -0.39 is 30.0 Å². The average Bonchev–Trinajstić information content (AvgIpc) is 3.36. The van der Waals surface area contributed by atoms with E-state index >= 15 is 8.78 Å². The molecule has 1 heterocycles. The minimum Gasteiger partial charge on any atom is -0.334 e. The van der Waals surface area contributed by atoms with E-state index in [1.807, 2.05) is 60.7 Å². The first-order valence-electron chi connectivity index (χ1n) is 13.2. The molecular weight excluding hydrogens is 613 g/mol. The van der Waals surface area contributed by atoms with Crippen LogP contribution in [0.4, 0.5) is 8.78 Å². The van der Waals surface area contributed by atoms with E-state index in [9.17, 15) is 4.57 Å². The number of aromatic nitrogens is 2. The Hall–Kier alpha value is -2.71. The van der Waals surface area contributed by atoms with E-state index in [4.69, 9.17) is 13.6 Å². The summed E-state index contributed by atoms with van der Waals surface area (Å²) in [6, 6.07) is 23.6. The van der Waals surface area contributed by atoms with E-state index in [1.54, 1.807) is 53.7 Å². The van der Waals surface area contributed by atoms with Gasteiger partial charge in [0.2, 0.25) is 0 Å². The Bertz CT molecular complexity index is 1500. The van der Waals surface area contributed by atoms with Crippen molar-refractivity contribution in [1.82, 2.24) is 10.1 Å². The van der Waals surface area contributed by atoms with Crippen molar-refractivity contribution in [2.45, 2.75) is 70.7 Å². The molecule has 0 aliphatic carbocycles. The molecule has 0 aliphatic heterocycles. The number of nitrogens with zero attached hydrogens (tertiary/aromatic N) is 2.